The van der Waals surface area contributed by atoms with Gasteiger partial charge in [0.2, 0.25) is 5.91 Å². The number of nitriles is 1. The van der Waals surface area contributed by atoms with Crippen LogP contribution in [0.4, 0.5) is 5.82 Å². The number of benzene rings is 3. The van der Waals surface area contributed by atoms with Gasteiger partial charge in [-0.25, -0.2) is 9.46 Å². The molecule has 15 heteroatoms. The molecule has 2 aliphatic heterocycles. The van der Waals surface area contributed by atoms with Crippen LogP contribution in [0.15, 0.2) is 95.9 Å². The number of nitrogens with zero attached hydrogens (tertiary/aromatic N) is 4. The van der Waals surface area contributed by atoms with Gasteiger partial charge in [0.25, 0.3) is 8.53 Å². The fraction of sp³-hybridized carbons (Fsp3) is 0.442. The summed E-state index contributed by atoms with van der Waals surface area (Å²) in [5.41, 5.74) is -0.620. The fourth-order valence-electron chi connectivity index (χ4n) is 7.74. The van der Waals surface area contributed by atoms with Crippen molar-refractivity contribution >= 4 is 20.3 Å². The number of hydrogen-bond acceptors (Lipinski definition) is 12. The lowest BCUT2D eigenvalue weighted by Crippen LogP contribution is -2.56. The summed E-state index contributed by atoms with van der Waals surface area (Å²) in [4.78, 5) is 29.6. The standard InChI is InChI=1S/C43H52N5O9P/c1-29(2)48(30(3)4)58(55-25-11-23-44)57-39-37-26-53-27-42(39,56-40(37)47-24-22-38(45-31(5)49)46-41(47)50)28-54-43(32-12-9-8-10-13-32,33-14-18-35(51-6)19-15-33)34-16-20-36(52-7)21-17-34/h8-10,12-22,24,29-30,37,39-40H,11,25-28H2,1-7H3,(H,45,46,49,50)/t37-,39+,40-,42-,58?/m1/s1. The summed E-state index contributed by atoms with van der Waals surface area (Å²) in [5.74, 6) is 0.623. The van der Waals surface area contributed by atoms with E-state index in [-0.39, 0.29) is 56.7 Å². The number of aromatic nitrogens is 2. The van der Waals surface area contributed by atoms with Gasteiger partial charge in [0.05, 0.1) is 59.1 Å². The first-order chi connectivity index (χ1) is 28.0. The smallest absolute Gasteiger partial charge is 0.351 e. The van der Waals surface area contributed by atoms with Gasteiger partial charge in [-0.05, 0) is 74.7 Å². The van der Waals surface area contributed by atoms with Crippen molar-refractivity contribution in [2.45, 2.75) is 76.7 Å². The van der Waals surface area contributed by atoms with Gasteiger partial charge in [-0.3, -0.25) is 9.36 Å². The van der Waals surface area contributed by atoms with Gasteiger partial charge in [0.15, 0.2) is 0 Å². The van der Waals surface area contributed by atoms with Crippen LogP contribution >= 0.6 is 8.53 Å². The number of anilines is 1. The highest BCUT2D eigenvalue weighted by Crippen LogP contribution is 2.56. The summed E-state index contributed by atoms with van der Waals surface area (Å²) in [7, 11) is 1.49. The van der Waals surface area contributed by atoms with Crippen LogP contribution < -0.4 is 20.5 Å². The van der Waals surface area contributed by atoms with Gasteiger partial charge < -0.3 is 38.0 Å². The minimum absolute atomic E-state index is 0.0265. The fourth-order valence-corrected chi connectivity index (χ4v) is 9.58. The SMILES string of the molecule is COc1ccc(C(OC[C@@]23COC[C@@H]([C@H](n4ccc(NC(C)=O)nc4=O)O2)[C@@H]3OP(OCCC#N)N(C(C)C)C(C)C)(c2ccccc2)c2ccc(OC)cc2)cc1. The van der Waals surface area contributed by atoms with Crippen LogP contribution in [0.3, 0.4) is 0 Å². The van der Waals surface area contributed by atoms with Crippen molar-refractivity contribution in [1.29, 1.82) is 5.26 Å². The molecule has 58 heavy (non-hydrogen) atoms. The minimum atomic E-state index is -1.76. The lowest BCUT2D eigenvalue weighted by molar-refractivity contribution is -0.185. The molecular weight excluding hydrogens is 761 g/mol. The van der Waals surface area contributed by atoms with Crippen molar-refractivity contribution in [3.05, 3.63) is 118 Å². The Hall–Kier alpha value is -4.71. The summed E-state index contributed by atoms with van der Waals surface area (Å²) in [6.45, 7) is 10.0. The molecule has 2 bridgehead atoms. The lowest BCUT2D eigenvalue weighted by atomic mass is 9.79. The molecule has 4 aromatic rings. The van der Waals surface area contributed by atoms with E-state index in [0.29, 0.717) is 11.5 Å². The number of methoxy groups -OCH3 is 2. The molecule has 0 spiro atoms. The number of carbonyl (C=O) groups excluding carboxylic acids is 1. The summed E-state index contributed by atoms with van der Waals surface area (Å²) >= 11 is 0. The van der Waals surface area contributed by atoms with Crippen LogP contribution in [0.2, 0.25) is 0 Å². The molecule has 1 amide bonds. The van der Waals surface area contributed by atoms with Gasteiger partial charge in [0, 0.05) is 25.2 Å². The average Bonchev–Trinajstić information content (AvgIpc) is 3.36. The molecule has 0 aliphatic carbocycles. The average molecular weight is 814 g/mol. The molecule has 1 aromatic heterocycles. The Morgan fingerprint density at radius 1 is 0.983 bits per heavy atom. The second-order valence-electron chi connectivity index (χ2n) is 14.8. The molecule has 308 valence electrons. The third kappa shape index (κ3) is 8.96. The van der Waals surface area contributed by atoms with Crippen molar-refractivity contribution in [1.82, 2.24) is 14.2 Å². The van der Waals surface area contributed by atoms with Gasteiger partial charge >= 0.3 is 5.69 Å². The van der Waals surface area contributed by atoms with E-state index in [2.05, 4.69) is 48.7 Å². The number of nitrogens with one attached hydrogen (secondary N) is 1. The zero-order valence-corrected chi connectivity index (χ0v) is 34.9. The highest BCUT2D eigenvalue weighted by molar-refractivity contribution is 7.44. The third-order valence-corrected chi connectivity index (χ3v) is 12.4. The van der Waals surface area contributed by atoms with Crippen LogP contribution in [0, 0.1) is 17.2 Å². The van der Waals surface area contributed by atoms with E-state index in [1.807, 2.05) is 78.9 Å². The van der Waals surface area contributed by atoms with Crippen molar-refractivity contribution in [2.24, 2.45) is 5.92 Å². The first kappa shape index (κ1) is 42.9. The van der Waals surface area contributed by atoms with E-state index in [4.69, 9.17) is 32.7 Å². The maximum absolute atomic E-state index is 13.7. The Balaban J connectivity index is 1.50. The van der Waals surface area contributed by atoms with Crippen molar-refractivity contribution in [2.75, 3.05) is 46.0 Å². The number of fused-ring (bicyclic) bond motifs is 2. The maximum Gasteiger partial charge on any atom is 0.351 e. The Labute approximate surface area is 340 Å². The van der Waals surface area contributed by atoms with E-state index in [0.717, 1.165) is 16.7 Å². The minimum Gasteiger partial charge on any atom is -0.497 e. The van der Waals surface area contributed by atoms with Crippen molar-refractivity contribution in [3.63, 3.8) is 0 Å². The second-order valence-corrected chi connectivity index (χ2v) is 16.2. The van der Waals surface area contributed by atoms with E-state index >= 15 is 0 Å². The highest BCUT2D eigenvalue weighted by Gasteiger charge is 2.62. The van der Waals surface area contributed by atoms with Crippen molar-refractivity contribution in [3.8, 4) is 17.6 Å². The van der Waals surface area contributed by atoms with Gasteiger partial charge in [-0.15, -0.1) is 0 Å². The molecule has 5 atom stereocenters. The van der Waals surface area contributed by atoms with E-state index in [9.17, 15) is 14.9 Å². The Morgan fingerprint density at radius 2 is 1.59 bits per heavy atom. The molecule has 3 heterocycles. The molecule has 3 aromatic carbocycles. The van der Waals surface area contributed by atoms with Gasteiger partial charge in [-0.1, -0.05) is 54.6 Å². The maximum atomic E-state index is 13.7. The molecule has 0 saturated carbocycles. The monoisotopic (exact) mass is 813 g/mol. The summed E-state index contributed by atoms with van der Waals surface area (Å²) in [6.07, 6.45) is 0.128. The van der Waals surface area contributed by atoms with Crippen LogP contribution in [0.1, 0.15) is 64.0 Å². The zero-order chi connectivity index (χ0) is 41.5. The van der Waals surface area contributed by atoms with Crippen LogP contribution in [0.25, 0.3) is 0 Å². The molecule has 2 saturated heterocycles. The molecule has 1 unspecified atom stereocenters. The Bertz CT molecular complexity index is 2020. The first-order valence-electron chi connectivity index (χ1n) is 19.3. The predicted octanol–water partition coefficient (Wildman–Crippen LogP) is 6.80. The molecular formula is C43H52N5O9P. The lowest BCUT2D eigenvalue weighted by Gasteiger charge is -2.45. The topological polar surface area (TPSA) is 156 Å². The van der Waals surface area contributed by atoms with E-state index < -0.39 is 43.7 Å². The van der Waals surface area contributed by atoms with Crippen LogP contribution in [0.5, 0.6) is 11.5 Å². The van der Waals surface area contributed by atoms with Gasteiger partial charge in [0.1, 0.15) is 40.9 Å². The zero-order valence-electron chi connectivity index (χ0n) is 34.0. The molecule has 2 aliphatic rings. The highest BCUT2D eigenvalue weighted by atomic mass is 31.2. The second kappa shape index (κ2) is 18.9. The quantitative estimate of drug-likeness (QED) is 0.0638. The van der Waals surface area contributed by atoms with E-state index in [1.165, 1.54) is 11.5 Å². The molecule has 1 N–H and O–H groups in total. The van der Waals surface area contributed by atoms with Crippen LogP contribution in [-0.4, -0.2) is 84.6 Å². The molecule has 6 rings (SSSR count). The number of hydrogen-bond donors (Lipinski definition) is 1. The van der Waals surface area contributed by atoms with Crippen LogP contribution in [-0.2, 0) is 33.7 Å². The predicted molar refractivity (Wildman–Crippen MR) is 218 cm³/mol. The number of ether oxygens (including phenoxy) is 5. The summed E-state index contributed by atoms with van der Waals surface area (Å²) in [5, 5.41) is 12.0. The molecule has 2 fully saturated rings. The van der Waals surface area contributed by atoms with Gasteiger partial charge in [-0.2, -0.15) is 10.2 Å². The third-order valence-electron chi connectivity index (χ3n) is 10.3. The largest absolute Gasteiger partial charge is 0.497 e. The molecule has 0 radical (unpaired) electrons. The normalized spacial score (nSPS) is 20.9. The summed E-state index contributed by atoms with van der Waals surface area (Å²) < 4.78 is 49.1. The first-order valence-corrected chi connectivity index (χ1v) is 20.4. The Kier molecular flexibility index (Phi) is 14.0. The number of rotatable bonds is 18. The summed E-state index contributed by atoms with van der Waals surface area (Å²) in [6, 6.07) is 29.2. The number of carbonyl (C=O) groups is 1. The van der Waals surface area contributed by atoms with E-state index in [1.54, 1.807) is 26.5 Å². The number of amides is 1. The Morgan fingerprint density at radius 3 is 2.12 bits per heavy atom. The molecule has 14 nitrogen and oxygen atoms in total. The van der Waals surface area contributed by atoms with Crippen molar-refractivity contribution < 1.29 is 37.5 Å².